The molecular weight excluding hydrogens is 342 g/mol. The fraction of sp³-hybridized carbons (Fsp3) is 0.350. The van der Waals surface area contributed by atoms with Gasteiger partial charge < -0.3 is 14.6 Å². The Kier molecular flexibility index (Phi) is 6.45. The van der Waals surface area contributed by atoms with Gasteiger partial charge >= 0.3 is 11.9 Å². The second kappa shape index (κ2) is 8.38. The van der Waals surface area contributed by atoms with Crippen molar-refractivity contribution in [2.24, 2.45) is 0 Å². The average molecular weight is 364 g/mol. The maximum Gasteiger partial charge on any atom is 0.377 e. The van der Waals surface area contributed by atoms with E-state index >= 15 is 8.78 Å². The number of benzene rings is 2. The number of ether oxygens (including phenoxy) is 2. The molecule has 0 amide bonds. The van der Waals surface area contributed by atoms with Gasteiger partial charge in [0, 0.05) is 7.11 Å². The van der Waals surface area contributed by atoms with Crippen LogP contribution in [0.1, 0.15) is 24.0 Å². The Morgan fingerprint density at radius 3 is 2.08 bits per heavy atom. The molecule has 1 unspecified atom stereocenters. The zero-order valence-electron chi connectivity index (χ0n) is 14.7. The molecule has 2 aromatic carbocycles. The minimum atomic E-state index is -3.92. The van der Waals surface area contributed by atoms with Crippen LogP contribution in [-0.2, 0) is 19.9 Å². The highest BCUT2D eigenvalue weighted by atomic mass is 19.3. The van der Waals surface area contributed by atoms with Crippen molar-refractivity contribution in [1.82, 2.24) is 0 Å². The number of carbonyl (C=O) groups is 1. The highest BCUT2D eigenvalue weighted by Crippen LogP contribution is 2.49. The van der Waals surface area contributed by atoms with Crippen LogP contribution in [0.2, 0.25) is 0 Å². The van der Waals surface area contributed by atoms with E-state index in [1.807, 2.05) is 0 Å². The summed E-state index contributed by atoms with van der Waals surface area (Å²) >= 11 is 0. The molecular formula is C20H22F2O4. The first-order valence-electron chi connectivity index (χ1n) is 8.25. The van der Waals surface area contributed by atoms with Crippen LogP contribution in [-0.4, -0.2) is 37.3 Å². The molecule has 6 heteroatoms. The number of alkyl halides is 2. The first-order chi connectivity index (χ1) is 12.4. The third-order valence-corrected chi connectivity index (χ3v) is 4.37. The largest absolute Gasteiger partial charge is 0.462 e. The molecule has 2 aromatic rings. The van der Waals surface area contributed by atoms with Crippen molar-refractivity contribution in [2.45, 2.75) is 24.4 Å². The lowest BCUT2D eigenvalue weighted by molar-refractivity contribution is -0.195. The molecule has 0 aromatic heterocycles. The number of rotatable bonds is 8. The summed E-state index contributed by atoms with van der Waals surface area (Å²) in [6.07, 6.45) is 0. The first kappa shape index (κ1) is 20.0. The van der Waals surface area contributed by atoms with Crippen molar-refractivity contribution in [3.63, 3.8) is 0 Å². The Balaban J connectivity index is 2.71. The summed E-state index contributed by atoms with van der Waals surface area (Å²) < 4.78 is 40.6. The molecule has 0 radical (unpaired) electrons. The number of aliphatic hydroxyl groups is 1. The molecule has 0 saturated carbocycles. The van der Waals surface area contributed by atoms with E-state index in [-0.39, 0.29) is 12.2 Å². The summed E-state index contributed by atoms with van der Waals surface area (Å²) in [7, 11) is 1.24. The van der Waals surface area contributed by atoms with Crippen LogP contribution in [0, 0.1) is 0 Å². The molecule has 26 heavy (non-hydrogen) atoms. The maximum atomic E-state index is 15.2. The van der Waals surface area contributed by atoms with Gasteiger partial charge in [-0.2, -0.15) is 8.78 Å². The topological polar surface area (TPSA) is 55.8 Å². The van der Waals surface area contributed by atoms with E-state index in [4.69, 9.17) is 4.74 Å². The lowest BCUT2D eigenvalue weighted by atomic mass is 9.73. The molecule has 4 nitrogen and oxygen atoms in total. The fourth-order valence-electron chi connectivity index (χ4n) is 3.13. The van der Waals surface area contributed by atoms with Gasteiger partial charge in [-0.3, -0.25) is 0 Å². The van der Waals surface area contributed by atoms with Gasteiger partial charge in [0.15, 0.2) is 0 Å². The molecule has 0 aliphatic heterocycles. The number of aliphatic hydroxyl groups excluding tert-OH is 1. The van der Waals surface area contributed by atoms with Crippen LogP contribution in [0.3, 0.4) is 0 Å². The first-order valence-corrected chi connectivity index (χ1v) is 8.25. The number of carbonyl (C=O) groups excluding carboxylic acids is 1. The van der Waals surface area contributed by atoms with Gasteiger partial charge in [-0.1, -0.05) is 60.7 Å². The molecule has 0 aliphatic rings. The Hall–Kier alpha value is -2.31. The van der Waals surface area contributed by atoms with E-state index in [0.717, 1.165) is 0 Å². The average Bonchev–Trinajstić information content (AvgIpc) is 2.67. The van der Waals surface area contributed by atoms with Gasteiger partial charge in [0.1, 0.15) is 5.60 Å². The van der Waals surface area contributed by atoms with Gasteiger partial charge in [-0.15, -0.1) is 0 Å². The van der Waals surface area contributed by atoms with Gasteiger partial charge in [-0.25, -0.2) is 4.79 Å². The SMILES string of the molecule is CCOC(=O)C(F)(F)C(c1ccccc1)[C@@](CO)(OC)c1ccccc1. The zero-order valence-corrected chi connectivity index (χ0v) is 14.7. The number of hydrogen-bond acceptors (Lipinski definition) is 4. The lowest BCUT2D eigenvalue weighted by Crippen LogP contribution is -2.51. The van der Waals surface area contributed by atoms with E-state index in [0.29, 0.717) is 5.56 Å². The van der Waals surface area contributed by atoms with Crippen molar-refractivity contribution >= 4 is 5.97 Å². The van der Waals surface area contributed by atoms with E-state index in [1.165, 1.54) is 26.2 Å². The smallest absolute Gasteiger partial charge is 0.377 e. The second-order valence-corrected chi connectivity index (χ2v) is 5.80. The summed E-state index contributed by atoms with van der Waals surface area (Å²) in [4.78, 5) is 12.1. The van der Waals surface area contributed by atoms with Crippen LogP contribution in [0.15, 0.2) is 60.7 Å². The fourth-order valence-corrected chi connectivity index (χ4v) is 3.13. The predicted octanol–water partition coefficient (Wildman–Crippen LogP) is 3.50. The zero-order chi connectivity index (χ0) is 19.2. The minimum absolute atomic E-state index is 0.158. The Bertz CT molecular complexity index is 700. The quantitative estimate of drug-likeness (QED) is 0.729. The Morgan fingerprint density at radius 1 is 1.08 bits per heavy atom. The van der Waals surface area contributed by atoms with Crippen molar-refractivity contribution in [3.8, 4) is 0 Å². The summed E-state index contributed by atoms with van der Waals surface area (Å²) in [5.74, 6) is -7.36. The molecule has 0 aliphatic carbocycles. The van der Waals surface area contributed by atoms with E-state index in [1.54, 1.807) is 48.5 Å². The molecule has 2 atom stereocenters. The van der Waals surface area contributed by atoms with E-state index < -0.39 is 30.0 Å². The third kappa shape index (κ3) is 3.61. The third-order valence-electron chi connectivity index (χ3n) is 4.37. The molecule has 2 rings (SSSR count). The van der Waals surface area contributed by atoms with Crippen LogP contribution in [0.5, 0.6) is 0 Å². The Morgan fingerprint density at radius 2 is 1.62 bits per heavy atom. The van der Waals surface area contributed by atoms with Gasteiger partial charge in [0.05, 0.1) is 19.1 Å². The van der Waals surface area contributed by atoms with Crippen LogP contribution >= 0.6 is 0 Å². The molecule has 0 heterocycles. The summed E-state index contributed by atoms with van der Waals surface area (Å²) in [5, 5.41) is 10.1. The normalized spacial score (nSPS) is 15.1. The summed E-state index contributed by atoms with van der Waals surface area (Å²) in [5.41, 5.74) is -1.34. The highest BCUT2D eigenvalue weighted by Gasteiger charge is 2.60. The van der Waals surface area contributed by atoms with Crippen LogP contribution in [0.4, 0.5) is 8.78 Å². The van der Waals surface area contributed by atoms with Gasteiger partial charge in [0.2, 0.25) is 0 Å². The minimum Gasteiger partial charge on any atom is -0.462 e. The summed E-state index contributed by atoms with van der Waals surface area (Å²) in [6.45, 7) is 0.529. The monoisotopic (exact) mass is 364 g/mol. The number of hydrogen-bond donors (Lipinski definition) is 1. The number of halogens is 2. The van der Waals surface area contributed by atoms with Crippen molar-refractivity contribution in [1.29, 1.82) is 0 Å². The summed E-state index contributed by atoms with van der Waals surface area (Å²) in [6, 6.07) is 16.0. The van der Waals surface area contributed by atoms with Crippen molar-refractivity contribution in [2.75, 3.05) is 20.3 Å². The Labute approximate surface area is 151 Å². The van der Waals surface area contributed by atoms with Gasteiger partial charge in [-0.05, 0) is 18.1 Å². The van der Waals surface area contributed by atoms with Crippen molar-refractivity contribution in [3.05, 3.63) is 71.8 Å². The molecule has 140 valence electrons. The second-order valence-electron chi connectivity index (χ2n) is 5.80. The molecule has 0 spiro atoms. The highest BCUT2D eigenvalue weighted by molar-refractivity contribution is 5.79. The molecule has 0 saturated heterocycles. The van der Waals surface area contributed by atoms with Crippen molar-refractivity contribution < 1.29 is 28.2 Å². The van der Waals surface area contributed by atoms with Crippen LogP contribution in [0.25, 0.3) is 0 Å². The standard InChI is InChI=1S/C20H22F2O4/c1-3-26-18(24)20(21,22)17(15-10-6-4-7-11-15)19(14-23,25-2)16-12-8-5-9-13-16/h4-13,17,23H,3,14H2,1-2H3/t17?,19-/m0/s1. The van der Waals surface area contributed by atoms with Gasteiger partial charge in [0.25, 0.3) is 0 Å². The maximum absolute atomic E-state index is 15.2. The molecule has 0 fully saturated rings. The molecule has 0 bridgehead atoms. The van der Waals surface area contributed by atoms with E-state index in [2.05, 4.69) is 4.74 Å². The number of esters is 1. The lowest BCUT2D eigenvalue weighted by Gasteiger charge is -2.41. The van der Waals surface area contributed by atoms with E-state index in [9.17, 15) is 9.90 Å². The van der Waals surface area contributed by atoms with Crippen LogP contribution < -0.4 is 0 Å². The molecule has 1 N–H and O–H groups in total. The number of methoxy groups -OCH3 is 1. The predicted molar refractivity (Wildman–Crippen MR) is 93.0 cm³/mol.